The van der Waals surface area contributed by atoms with Crippen molar-refractivity contribution >= 4 is 22.5 Å². The van der Waals surface area contributed by atoms with Crippen molar-refractivity contribution in [3.05, 3.63) is 35.5 Å². The first-order valence-electron chi connectivity index (χ1n) is 7.16. The topological polar surface area (TPSA) is 14.2 Å². The van der Waals surface area contributed by atoms with Crippen LogP contribution in [0.3, 0.4) is 0 Å². The molecule has 1 atom stereocenters. The Kier molecular flexibility index (Phi) is 2.64. The Morgan fingerprint density at radius 1 is 1.26 bits per heavy atom. The highest BCUT2D eigenvalue weighted by atomic mass is 35.5. The van der Waals surface area contributed by atoms with Crippen LogP contribution in [0, 0.1) is 0 Å². The highest BCUT2D eigenvalue weighted by molar-refractivity contribution is 6.35. The number of halogens is 1. The number of benzene rings is 1. The highest BCUT2D eigenvalue weighted by Gasteiger charge is 2.43. The van der Waals surface area contributed by atoms with Crippen LogP contribution in [0.5, 0.6) is 0 Å². The average molecular weight is 276 g/mol. The molecule has 19 heavy (non-hydrogen) atoms. The number of hydrogen-bond acceptors (Lipinski definition) is 1. The van der Waals surface area contributed by atoms with Gasteiger partial charge in [-0.25, -0.2) is 0 Å². The van der Waals surface area contributed by atoms with E-state index in [0.29, 0.717) is 6.04 Å². The van der Waals surface area contributed by atoms with Gasteiger partial charge in [0.15, 0.2) is 0 Å². The third-order valence-electron chi connectivity index (χ3n) is 4.82. The van der Waals surface area contributed by atoms with Crippen molar-refractivity contribution in [2.75, 3.05) is 6.61 Å². The highest BCUT2D eigenvalue weighted by Crippen LogP contribution is 2.46. The van der Waals surface area contributed by atoms with Crippen molar-refractivity contribution in [2.24, 2.45) is 0 Å². The maximum Gasteiger partial charge on any atom is 0.0702 e. The molecule has 3 heteroatoms. The minimum absolute atomic E-state index is 0.181. The summed E-state index contributed by atoms with van der Waals surface area (Å²) in [6.45, 7) is 0.884. The van der Waals surface area contributed by atoms with Crippen molar-refractivity contribution < 1.29 is 4.74 Å². The molecule has 1 spiro atoms. The number of ether oxygens (including phenoxy) is 1. The summed E-state index contributed by atoms with van der Waals surface area (Å²) in [6, 6.07) is 8.84. The third-order valence-corrected chi connectivity index (χ3v) is 5.12. The second kappa shape index (κ2) is 4.26. The van der Waals surface area contributed by atoms with E-state index in [1.54, 1.807) is 0 Å². The molecule has 1 saturated heterocycles. The summed E-state index contributed by atoms with van der Waals surface area (Å²) >= 11 is 6.39. The second-order valence-corrected chi connectivity index (χ2v) is 6.34. The summed E-state index contributed by atoms with van der Waals surface area (Å²) < 4.78 is 8.40. The van der Waals surface area contributed by atoms with Gasteiger partial charge in [0.1, 0.15) is 0 Å². The fourth-order valence-electron chi connectivity index (χ4n) is 3.64. The van der Waals surface area contributed by atoms with E-state index in [1.807, 2.05) is 12.1 Å². The molecule has 0 N–H and O–H groups in total. The van der Waals surface area contributed by atoms with E-state index in [2.05, 4.69) is 22.9 Å². The summed E-state index contributed by atoms with van der Waals surface area (Å²) in [5.74, 6) is 0. The lowest BCUT2D eigenvalue weighted by Gasteiger charge is -2.47. The summed E-state index contributed by atoms with van der Waals surface area (Å²) in [7, 11) is 0. The summed E-state index contributed by atoms with van der Waals surface area (Å²) in [5.41, 5.74) is 1.37. The molecule has 1 unspecified atom stereocenters. The second-order valence-electron chi connectivity index (χ2n) is 5.93. The van der Waals surface area contributed by atoms with Crippen LogP contribution in [0.25, 0.3) is 10.9 Å². The van der Waals surface area contributed by atoms with Gasteiger partial charge in [0.2, 0.25) is 0 Å². The summed E-state index contributed by atoms with van der Waals surface area (Å²) in [4.78, 5) is 0. The van der Waals surface area contributed by atoms with E-state index in [0.717, 1.165) is 24.5 Å². The number of fused-ring (bicyclic) bond motifs is 1. The zero-order chi connectivity index (χ0) is 12.9. The molecule has 0 amide bonds. The van der Waals surface area contributed by atoms with Gasteiger partial charge in [0.25, 0.3) is 0 Å². The van der Waals surface area contributed by atoms with Crippen molar-refractivity contribution in [3.8, 4) is 0 Å². The predicted molar refractivity (Wildman–Crippen MR) is 77.8 cm³/mol. The minimum atomic E-state index is 0.181. The van der Waals surface area contributed by atoms with Gasteiger partial charge >= 0.3 is 0 Å². The van der Waals surface area contributed by atoms with E-state index in [1.165, 1.54) is 30.2 Å². The van der Waals surface area contributed by atoms with Gasteiger partial charge in [-0.15, -0.1) is 0 Å². The van der Waals surface area contributed by atoms with E-state index >= 15 is 0 Å². The van der Waals surface area contributed by atoms with Gasteiger partial charge in [0.05, 0.1) is 16.1 Å². The minimum Gasteiger partial charge on any atom is -0.375 e. The van der Waals surface area contributed by atoms with Crippen LogP contribution in [0.15, 0.2) is 30.5 Å². The Bertz CT molecular complexity index is 614. The largest absolute Gasteiger partial charge is 0.375 e. The number of nitrogens with zero attached hydrogens (tertiary/aromatic N) is 1. The Balaban J connectivity index is 1.74. The molecule has 100 valence electrons. The predicted octanol–water partition coefficient (Wildman–Crippen LogP) is 4.57. The SMILES string of the molecule is Clc1cccc2ccn(C3CCOC4(CCC4)C3)c12. The molecule has 2 aromatic rings. The molecule has 0 radical (unpaired) electrons. The zero-order valence-electron chi connectivity index (χ0n) is 10.9. The van der Waals surface area contributed by atoms with Crippen molar-refractivity contribution in [3.63, 3.8) is 0 Å². The fourth-order valence-corrected chi connectivity index (χ4v) is 3.92. The molecule has 1 saturated carbocycles. The number of aromatic nitrogens is 1. The van der Waals surface area contributed by atoms with E-state index < -0.39 is 0 Å². The lowest BCUT2D eigenvalue weighted by atomic mass is 9.74. The van der Waals surface area contributed by atoms with Crippen LogP contribution < -0.4 is 0 Å². The van der Waals surface area contributed by atoms with Gasteiger partial charge in [0, 0.05) is 24.2 Å². The van der Waals surface area contributed by atoms with Gasteiger partial charge in [-0.05, 0) is 44.2 Å². The standard InChI is InChI=1S/C16H18ClNO/c17-14-4-1-3-12-5-9-18(15(12)14)13-6-10-19-16(11-13)7-2-8-16/h1,3-5,9,13H,2,6-8,10-11H2. The molecule has 2 fully saturated rings. The van der Waals surface area contributed by atoms with Gasteiger partial charge in [-0.2, -0.15) is 0 Å². The van der Waals surface area contributed by atoms with Crippen LogP contribution >= 0.6 is 11.6 Å². The van der Waals surface area contributed by atoms with Crippen molar-refractivity contribution in [2.45, 2.75) is 43.7 Å². The molecule has 1 aliphatic heterocycles. The first-order chi connectivity index (χ1) is 9.27. The monoisotopic (exact) mass is 275 g/mol. The van der Waals surface area contributed by atoms with E-state index in [9.17, 15) is 0 Å². The van der Waals surface area contributed by atoms with Crippen LogP contribution in [0.4, 0.5) is 0 Å². The average Bonchev–Trinajstić information content (AvgIpc) is 2.82. The van der Waals surface area contributed by atoms with Crippen LogP contribution in [-0.2, 0) is 4.74 Å². The van der Waals surface area contributed by atoms with Gasteiger partial charge in [-0.1, -0.05) is 23.7 Å². The third kappa shape index (κ3) is 1.81. The smallest absolute Gasteiger partial charge is 0.0702 e. The number of rotatable bonds is 1. The number of para-hydroxylation sites is 1. The summed E-state index contributed by atoms with van der Waals surface area (Å²) in [5, 5.41) is 2.10. The molecular weight excluding hydrogens is 258 g/mol. The van der Waals surface area contributed by atoms with Crippen LogP contribution in [-0.4, -0.2) is 16.8 Å². The molecule has 0 bridgehead atoms. The molecular formula is C16H18ClNO. The summed E-state index contributed by atoms with van der Waals surface area (Å²) in [6.07, 6.45) is 8.21. The van der Waals surface area contributed by atoms with Gasteiger partial charge < -0.3 is 9.30 Å². The normalized spacial score (nSPS) is 25.6. The molecule has 2 nitrogen and oxygen atoms in total. The van der Waals surface area contributed by atoms with Crippen molar-refractivity contribution in [1.29, 1.82) is 0 Å². The first-order valence-corrected chi connectivity index (χ1v) is 7.54. The van der Waals surface area contributed by atoms with Gasteiger partial charge in [-0.3, -0.25) is 0 Å². The van der Waals surface area contributed by atoms with E-state index in [4.69, 9.17) is 16.3 Å². The molecule has 1 aromatic heterocycles. The van der Waals surface area contributed by atoms with Crippen LogP contribution in [0.1, 0.15) is 38.1 Å². The Hall–Kier alpha value is -0.990. The quantitative estimate of drug-likeness (QED) is 0.744. The van der Waals surface area contributed by atoms with E-state index in [-0.39, 0.29) is 5.60 Å². The molecule has 1 aliphatic carbocycles. The zero-order valence-corrected chi connectivity index (χ0v) is 11.7. The first kappa shape index (κ1) is 11.8. The lowest BCUT2D eigenvalue weighted by molar-refractivity contribution is -0.140. The maximum atomic E-state index is 6.39. The molecule has 4 rings (SSSR count). The van der Waals surface area contributed by atoms with Crippen LogP contribution in [0.2, 0.25) is 5.02 Å². The molecule has 1 aromatic carbocycles. The number of hydrogen-bond donors (Lipinski definition) is 0. The molecule has 2 heterocycles. The Morgan fingerprint density at radius 2 is 2.16 bits per heavy atom. The Labute approximate surface area is 118 Å². The molecule has 2 aliphatic rings. The maximum absolute atomic E-state index is 6.39. The van der Waals surface area contributed by atoms with Crippen molar-refractivity contribution in [1.82, 2.24) is 4.57 Å². The fraction of sp³-hybridized carbons (Fsp3) is 0.500. The Morgan fingerprint density at radius 3 is 2.95 bits per heavy atom. The lowest BCUT2D eigenvalue weighted by Crippen LogP contribution is -2.45.